The number of hydrogen-bond acceptors (Lipinski definition) is 4. The van der Waals surface area contributed by atoms with Gasteiger partial charge in [0.1, 0.15) is 0 Å². The van der Waals surface area contributed by atoms with Crippen molar-refractivity contribution in [2.75, 3.05) is 11.1 Å². The monoisotopic (exact) mass is 340 g/mol. The predicted octanol–water partition coefficient (Wildman–Crippen LogP) is 2.86. The van der Waals surface area contributed by atoms with E-state index < -0.39 is 11.8 Å². The lowest BCUT2D eigenvalue weighted by molar-refractivity contribution is -0.115. The molecule has 0 unspecified atom stereocenters. The van der Waals surface area contributed by atoms with Crippen molar-refractivity contribution in [3.8, 4) is 0 Å². The van der Waals surface area contributed by atoms with Crippen LogP contribution < -0.4 is 10.6 Å². The molecule has 2 N–H and O–H groups in total. The Balaban J connectivity index is 1.72. The fraction of sp³-hybridized carbons (Fsp3) is 0.167. The quantitative estimate of drug-likeness (QED) is 0.648. The first-order chi connectivity index (χ1) is 11.6. The highest BCUT2D eigenvalue weighted by Crippen LogP contribution is 2.24. The molecule has 0 saturated heterocycles. The Morgan fingerprint density at radius 1 is 1.08 bits per heavy atom. The number of fused-ring (bicyclic) bond motifs is 1. The minimum atomic E-state index is -0.480. The molecule has 0 aromatic heterocycles. The molecule has 0 bridgehead atoms. The average molecular weight is 340 g/mol. The van der Waals surface area contributed by atoms with E-state index in [4.69, 9.17) is 0 Å². The minimum absolute atomic E-state index is 0.205. The molecule has 122 valence electrons. The Kier molecular flexibility index (Phi) is 4.66. The first-order valence-electron chi connectivity index (χ1n) is 7.58. The molecular formula is C18H16N2O3S. The molecule has 2 aromatic carbocycles. The molecule has 0 fully saturated rings. The zero-order valence-electron chi connectivity index (χ0n) is 13.1. The number of hydrogen-bond donors (Lipinski definition) is 2. The van der Waals surface area contributed by atoms with Gasteiger partial charge in [-0.3, -0.25) is 19.7 Å². The fourth-order valence-electron chi connectivity index (χ4n) is 2.57. The first kappa shape index (κ1) is 16.3. The third kappa shape index (κ3) is 3.33. The molecule has 24 heavy (non-hydrogen) atoms. The Labute approximate surface area is 143 Å². The number of anilines is 1. The number of benzene rings is 2. The lowest BCUT2D eigenvalue weighted by Crippen LogP contribution is -2.21. The SMILES string of the molecule is CCSc1ccc(CC(=O)Nc2cccc3c2C(=O)NC3=O)cc1. The Bertz CT molecular complexity index is 816. The van der Waals surface area contributed by atoms with Gasteiger partial charge in [0, 0.05) is 4.90 Å². The molecule has 0 aliphatic carbocycles. The molecule has 0 atom stereocenters. The van der Waals surface area contributed by atoms with Crippen LogP contribution in [0.5, 0.6) is 0 Å². The lowest BCUT2D eigenvalue weighted by Gasteiger charge is -2.08. The van der Waals surface area contributed by atoms with Crippen LogP contribution in [0.1, 0.15) is 33.2 Å². The van der Waals surface area contributed by atoms with Crippen LogP contribution in [0.15, 0.2) is 47.4 Å². The highest BCUT2D eigenvalue weighted by Gasteiger charge is 2.29. The van der Waals surface area contributed by atoms with Crippen LogP contribution in [0.4, 0.5) is 5.69 Å². The van der Waals surface area contributed by atoms with Gasteiger partial charge in [-0.1, -0.05) is 25.1 Å². The zero-order valence-corrected chi connectivity index (χ0v) is 13.9. The van der Waals surface area contributed by atoms with Crippen molar-refractivity contribution in [2.24, 2.45) is 0 Å². The van der Waals surface area contributed by atoms with Crippen LogP contribution >= 0.6 is 11.8 Å². The predicted molar refractivity (Wildman–Crippen MR) is 93.4 cm³/mol. The summed E-state index contributed by atoms with van der Waals surface area (Å²) in [6.45, 7) is 2.09. The van der Waals surface area contributed by atoms with Crippen LogP contribution in [0.25, 0.3) is 0 Å². The lowest BCUT2D eigenvalue weighted by atomic mass is 10.1. The van der Waals surface area contributed by atoms with E-state index in [0.717, 1.165) is 16.2 Å². The van der Waals surface area contributed by atoms with Gasteiger partial charge in [0.25, 0.3) is 11.8 Å². The third-order valence-corrected chi connectivity index (χ3v) is 4.53. The van der Waals surface area contributed by atoms with Crippen LogP contribution in [0.3, 0.4) is 0 Å². The Hall–Kier alpha value is -2.60. The van der Waals surface area contributed by atoms with E-state index >= 15 is 0 Å². The van der Waals surface area contributed by atoms with Crippen molar-refractivity contribution in [3.05, 3.63) is 59.2 Å². The smallest absolute Gasteiger partial charge is 0.261 e. The number of amides is 3. The minimum Gasteiger partial charge on any atom is -0.325 e. The third-order valence-electron chi connectivity index (χ3n) is 3.64. The number of carbonyl (C=O) groups excluding carboxylic acids is 3. The van der Waals surface area contributed by atoms with Crippen molar-refractivity contribution >= 4 is 35.2 Å². The number of imide groups is 1. The number of rotatable bonds is 5. The van der Waals surface area contributed by atoms with Crippen molar-refractivity contribution in [1.29, 1.82) is 0 Å². The van der Waals surface area contributed by atoms with Gasteiger partial charge in [-0.05, 0) is 35.6 Å². The van der Waals surface area contributed by atoms with Gasteiger partial charge in [0.2, 0.25) is 5.91 Å². The number of carbonyl (C=O) groups is 3. The summed E-state index contributed by atoms with van der Waals surface area (Å²) in [5, 5.41) is 4.96. The number of nitrogens with one attached hydrogen (secondary N) is 2. The molecule has 2 aromatic rings. The maximum absolute atomic E-state index is 12.2. The normalized spacial score (nSPS) is 12.7. The summed E-state index contributed by atoms with van der Waals surface area (Å²) in [4.78, 5) is 36.9. The summed E-state index contributed by atoms with van der Waals surface area (Å²) >= 11 is 1.74. The average Bonchev–Trinajstić information content (AvgIpc) is 2.85. The molecule has 0 saturated carbocycles. The standard InChI is InChI=1S/C18H16N2O3S/c1-2-24-12-8-6-11(7-9-12)10-15(21)19-14-5-3-4-13-16(14)18(23)20-17(13)22/h3-9H,2,10H2,1H3,(H,19,21)(H,20,22,23). The second-order valence-corrected chi connectivity index (χ2v) is 6.65. The summed E-state index contributed by atoms with van der Waals surface area (Å²) < 4.78 is 0. The van der Waals surface area contributed by atoms with Gasteiger partial charge in [-0.15, -0.1) is 11.8 Å². The second kappa shape index (κ2) is 6.88. The van der Waals surface area contributed by atoms with Crippen LogP contribution in [0.2, 0.25) is 0 Å². The Morgan fingerprint density at radius 2 is 1.83 bits per heavy atom. The molecule has 1 aliphatic heterocycles. The molecule has 0 spiro atoms. The molecule has 3 rings (SSSR count). The van der Waals surface area contributed by atoms with Crippen molar-refractivity contribution in [2.45, 2.75) is 18.2 Å². The summed E-state index contributed by atoms with van der Waals surface area (Å²) in [5.74, 6) is -0.145. The van der Waals surface area contributed by atoms with E-state index in [1.807, 2.05) is 24.3 Å². The molecule has 3 amide bonds. The zero-order chi connectivity index (χ0) is 17.1. The highest BCUT2D eigenvalue weighted by atomic mass is 32.2. The van der Waals surface area contributed by atoms with E-state index in [9.17, 15) is 14.4 Å². The van der Waals surface area contributed by atoms with Gasteiger partial charge in [-0.2, -0.15) is 0 Å². The summed E-state index contributed by atoms with van der Waals surface area (Å²) in [7, 11) is 0. The molecule has 5 nitrogen and oxygen atoms in total. The van der Waals surface area contributed by atoms with Gasteiger partial charge >= 0.3 is 0 Å². The maximum atomic E-state index is 12.2. The van der Waals surface area contributed by atoms with Gasteiger partial charge in [-0.25, -0.2) is 0 Å². The molecule has 1 aliphatic rings. The van der Waals surface area contributed by atoms with E-state index in [2.05, 4.69) is 17.6 Å². The largest absolute Gasteiger partial charge is 0.325 e. The Morgan fingerprint density at radius 3 is 2.54 bits per heavy atom. The van der Waals surface area contributed by atoms with E-state index in [0.29, 0.717) is 11.3 Å². The molecule has 0 radical (unpaired) electrons. The van der Waals surface area contributed by atoms with Crippen LogP contribution in [-0.2, 0) is 11.2 Å². The molecule has 6 heteroatoms. The van der Waals surface area contributed by atoms with Gasteiger partial charge < -0.3 is 5.32 Å². The van der Waals surface area contributed by atoms with E-state index in [-0.39, 0.29) is 17.9 Å². The maximum Gasteiger partial charge on any atom is 0.261 e. The summed E-state index contributed by atoms with van der Waals surface area (Å²) in [6, 6.07) is 12.6. The first-order valence-corrected chi connectivity index (χ1v) is 8.57. The summed E-state index contributed by atoms with van der Waals surface area (Å²) in [6.07, 6.45) is 0.205. The number of thioether (sulfide) groups is 1. The molecule has 1 heterocycles. The van der Waals surface area contributed by atoms with Crippen LogP contribution in [-0.4, -0.2) is 23.5 Å². The van der Waals surface area contributed by atoms with Crippen molar-refractivity contribution in [3.63, 3.8) is 0 Å². The van der Waals surface area contributed by atoms with Crippen molar-refractivity contribution < 1.29 is 14.4 Å². The second-order valence-electron chi connectivity index (χ2n) is 5.31. The molecular weight excluding hydrogens is 324 g/mol. The van der Waals surface area contributed by atoms with Crippen LogP contribution in [0, 0.1) is 0 Å². The fourth-order valence-corrected chi connectivity index (χ4v) is 3.24. The van der Waals surface area contributed by atoms with Crippen molar-refractivity contribution in [1.82, 2.24) is 5.32 Å². The van der Waals surface area contributed by atoms with E-state index in [1.54, 1.807) is 30.0 Å². The van der Waals surface area contributed by atoms with Gasteiger partial charge in [0.05, 0.1) is 23.2 Å². The van der Waals surface area contributed by atoms with Gasteiger partial charge in [0.15, 0.2) is 0 Å². The topological polar surface area (TPSA) is 75.3 Å². The van der Waals surface area contributed by atoms with E-state index in [1.165, 1.54) is 0 Å². The summed E-state index contributed by atoms with van der Waals surface area (Å²) in [5.41, 5.74) is 1.77. The highest BCUT2D eigenvalue weighted by molar-refractivity contribution is 7.99.